The molecule has 22 heavy (non-hydrogen) atoms. The summed E-state index contributed by atoms with van der Waals surface area (Å²) in [5, 5.41) is 0. The summed E-state index contributed by atoms with van der Waals surface area (Å²) in [4.78, 5) is 14.4. The minimum Gasteiger partial charge on any atom is -0.293 e. The molecule has 1 aromatic carbocycles. The number of hydrogen-bond acceptors (Lipinski definition) is 4. The number of carbonyl (C=O) groups excluding carboxylic acids is 1. The molecule has 4 nitrogen and oxygen atoms in total. The fraction of sp³-hybridized carbons (Fsp3) is 0.438. The Bertz CT molecular complexity index is 685. The van der Waals surface area contributed by atoms with E-state index in [4.69, 9.17) is 0 Å². The Labute approximate surface area is 134 Å². The van der Waals surface area contributed by atoms with Crippen LogP contribution in [0.15, 0.2) is 42.5 Å². The minimum atomic E-state index is -1.14. The van der Waals surface area contributed by atoms with E-state index in [0.29, 0.717) is 24.5 Å². The van der Waals surface area contributed by atoms with Gasteiger partial charge in [0.15, 0.2) is 5.78 Å². The first-order valence-corrected chi connectivity index (χ1v) is 10.1. The Morgan fingerprint density at radius 1 is 1.14 bits per heavy atom. The lowest BCUT2D eigenvalue weighted by molar-refractivity contribution is -0.119. The van der Waals surface area contributed by atoms with Crippen LogP contribution in [-0.4, -0.2) is 46.8 Å². The lowest BCUT2D eigenvalue weighted by atomic mass is 10.1. The summed E-state index contributed by atoms with van der Waals surface area (Å²) in [5.74, 6) is 1.01. The zero-order chi connectivity index (χ0) is 15.3. The molecule has 4 atom stereocenters. The van der Waals surface area contributed by atoms with Crippen LogP contribution in [0, 0.1) is 0 Å². The third-order valence-electron chi connectivity index (χ3n) is 4.89. The van der Waals surface area contributed by atoms with E-state index in [0.717, 1.165) is 5.56 Å². The number of nitrogens with zero attached hydrogens (tertiary/aromatic N) is 1. The van der Waals surface area contributed by atoms with Crippen molar-refractivity contribution in [3.63, 3.8) is 0 Å². The van der Waals surface area contributed by atoms with Crippen LogP contribution in [0.4, 0.5) is 0 Å². The molecule has 0 aromatic heterocycles. The smallest absolute Gasteiger partial charge is 0.172 e. The van der Waals surface area contributed by atoms with E-state index < -0.39 is 25.7 Å². The Kier molecular flexibility index (Phi) is 3.43. The summed E-state index contributed by atoms with van der Waals surface area (Å²) in [6.07, 6.45) is 3.88. The minimum absolute atomic E-state index is 0.0463. The van der Waals surface area contributed by atoms with Gasteiger partial charge in [-0.1, -0.05) is 36.4 Å². The number of ketones is 1. The van der Waals surface area contributed by atoms with Gasteiger partial charge in [0.05, 0.1) is 12.1 Å². The fourth-order valence-corrected chi connectivity index (χ4v) is 8.72. The first-order valence-electron chi connectivity index (χ1n) is 7.41. The van der Waals surface area contributed by atoms with Gasteiger partial charge in [0, 0.05) is 46.1 Å². The molecule has 4 rings (SSSR count). The molecule has 3 aliphatic rings. The van der Waals surface area contributed by atoms with Crippen LogP contribution in [-0.2, 0) is 32.9 Å². The average molecular weight is 335 g/mol. The van der Waals surface area contributed by atoms with E-state index in [-0.39, 0.29) is 17.9 Å². The quantitative estimate of drug-likeness (QED) is 0.808. The topological polar surface area (TPSA) is 54.5 Å². The monoisotopic (exact) mass is 335 g/mol. The summed E-state index contributed by atoms with van der Waals surface area (Å²) in [6, 6.07) is 9.50. The molecule has 3 aliphatic heterocycles. The largest absolute Gasteiger partial charge is 0.293 e. The third kappa shape index (κ3) is 1.94. The highest BCUT2D eigenvalue weighted by molar-refractivity contribution is 8.07. The van der Waals surface area contributed by atoms with Crippen molar-refractivity contribution in [2.45, 2.75) is 29.1 Å². The van der Waals surface area contributed by atoms with Crippen LogP contribution >= 0.6 is 0 Å². The van der Waals surface area contributed by atoms with Crippen molar-refractivity contribution in [2.75, 3.05) is 11.5 Å². The van der Waals surface area contributed by atoms with Crippen molar-refractivity contribution in [3.05, 3.63) is 48.0 Å². The lowest BCUT2D eigenvalue weighted by Crippen LogP contribution is -2.48. The number of rotatable bonds is 2. The predicted octanol–water partition coefficient (Wildman–Crippen LogP) is 0.976. The first kappa shape index (κ1) is 14.5. The Morgan fingerprint density at radius 3 is 2.50 bits per heavy atom. The van der Waals surface area contributed by atoms with Crippen molar-refractivity contribution in [1.29, 1.82) is 0 Å². The normalized spacial score (nSPS) is 40.6. The van der Waals surface area contributed by atoms with Gasteiger partial charge in [0.25, 0.3) is 0 Å². The summed E-state index contributed by atoms with van der Waals surface area (Å²) in [7, 11) is -2.27. The van der Waals surface area contributed by atoms with Gasteiger partial charge in [-0.15, -0.1) is 0 Å². The average Bonchev–Trinajstić information content (AvgIpc) is 2.93. The van der Waals surface area contributed by atoms with Crippen molar-refractivity contribution < 1.29 is 13.2 Å². The van der Waals surface area contributed by atoms with Gasteiger partial charge in [-0.05, 0) is 11.6 Å². The molecule has 2 saturated heterocycles. The van der Waals surface area contributed by atoms with Crippen LogP contribution < -0.4 is 0 Å². The van der Waals surface area contributed by atoms with Crippen molar-refractivity contribution in [2.24, 2.45) is 0 Å². The molecular formula is C16H17NO3S2. The van der Waals surface area contributed by atoms with Gasteiger partial charge < -0.3 is 0 Å². The Hall–Kier alpha value is -1.11. The second-order valence-corrected chi connectivity index (χ2v) is 9.91. The third-order valence-corrected chi connectivity index (χ3v) is 9.77. The van der Waals surface area contributed by atoms with Crippen molar-refractivity contribution >= 4 is 27.4 Å². The second-order valence-electron chi connectivity index (χ2n) is 6.00. The predicted molar refractivity (Wildman–Crippen MR) is 87.1 cm³/mol. The van der Waals surface area contributed by atoms with Gasteiger partial charge in [0.1, 0.15) is 4.08 Å². The van der Waals surface area contributed by atoms with Crippen LogP contribution in [0.3, 0.4) is 0 Å². The van der Waals surface area contributed by atoms with Crippen LogP contribution in [0.5, 0.6) is 0 Å². The molecule has 0 radical (unpaired) electrons. The summed E-state index contributed by atoms with van der Waals surface area (Å²) in [5.41, 5.74) is 1.12. The van der Waals surface area contributed by atoms with E-state index >= 15 is 0 Å². The van der Waals surface area contributed by atoms with Crippen LogP contribution in [0.2, 0.25) is 0 Å². The Balaban J connectivity index is 1.74. The highest BCUT2D eigenvalue weighted by Crippen LogP contribution is 2.47. The maximum absolute atomic E-state index is 12.6. The molecule has 1 spiro atoms. The SMILES string of the molecule is O=C1C=C[C@H]2N(Cc3ccccc3)[C@@H]1CC21S(=O)CCS1=O. The number of hydrogen-bond donors (Lipinski definition) is 0. The van der Waals surface area contributed by atoms with Gasteiger partial charge >= 0.3 is 0 Å². The van der Waals surface area contributed by atoms with Crippen LogP contribution in [0.25, 0.3) is 0 Å². The second kappa shape index (κ2) is 5.22. The van der Waals surface area contributed by atoms with E-state index in [1.807, 2.05) is 36.4 Å². The molecule has 0 saturated carbocycles. The highest BCUT2D eigenvalue weighted by atomic mass is 32.3. The van der Waals surface area contributed by atoms with E-state index in [1.165, 1.54) is 0 Å². The van der Waals surface area contributed by atoms with Gasteiger partial charge in [0.2, 0.25) is 0 Å². The lowest BCUT2D eigenvalue weighted by Gasteiger charge is -2.33. The molecule has 1 aromatic rings. The number of carbonyl (C=O) groups is 1. The fourth-order valence-electron chi connectivity index (χ4n) is 3.83. The zero-order valence-corrected chi connectivity index (χ0v) is 13.6. The molecule has 2 fully saturated rings. The van der Waals surface area contributed by atoms with E-state index in [2.05, 4.69) is 4.90 Å². The van der Waals surface area contributed by atoms with Gasteiger partial charge in [-0.2, -0.15) is 0 Å². The summed E-state index contributed by atoms with van der Waals surface area (Å²) >= 11 is 0. The van der Waals surface area contributed by atoms with Gasteiger partial charge in [-0.25, -0.2) is 0 Å². The zero-order valence-electron chi connectivity index (χ0n) is 12.0. The van der Waals surface area contributed by atoms with Gasteiger partial charge in [-0.3, -0.25) is 18.1 Å². The molecule has 116 valence electrons. The maximum Gasteiger partial charge on any atom is 0.172 e. The highest BCUT2D eigenvalue weighted by Gasteiger charge is 2.63. The van der Waals surface area contributed by atoms with E-state index in [1.54, 1.807) is 6.08 Å². The maximum atomic E-state index is 12.6. The standard InChI is InChI=1S/C16H17NO3S2/c18-14-6-7-15-16(21(19)8-9-22(16)20)10-13(14)17(15)11-12-4-2-1-3-5-12/h1-7,13,15H,8-11H2/t13-,15-,16?,21?,22?/m1/s1. The molecule has 2 unspecified atom stereocenters. The summed E-state index contributed by atoms with van der Waals surface area (Å²) in [6.45, 7) is 0.627. The van der Waals surface area contributed by atoms with Crippen molar-refractivity contribution in [3.8, 4) is 0 Å². The van der Waals surface area contributed by atoms with Crippen LogP contribution in [0.1, 0.15) is 12.0 Å². The number of benzene rings is 1. The molecule has 0 N–H and O–H groups in total. The molecule has 0 aliphatic carbocycles. The first-order chi connectivity index (χ1) is 10.6. The molecule has 3 heterocycles. The molecule has 6 heteroatoms. The number of fused-ring (bicyclic) bond motifs is 3. The molecule has 2 bridgehead atoms. The molecule has 0 amide bonds. The van der Waals surface area contributed by atoms with Crippen molar-refractivity contribution in [1.82, 2.24) is 4.90 Å². The summed E-state index contributed by atoms with van der Waals surface area (Å²) < 4.78 is 24.5. The molecular weight excluding hydrogens is 318 g/mol. The van der Waals surface area contributed by atoms with E-state index in [9.17, 15) is 13.2 Å². The Morgan fingerprint density at radius 2 is 1.82 bits per heavy atom.